The van der Waals surface area contributed by atoms with Gasteiger partial charge in [-0.2, -0.15) is 14.6 Å². The summed E-state index contributed by atoms with van der Waals surface area (Å²) in [5, 5.41) is 4.27. The first-order chi connectivity index (χ1) is 9.11. The van der Waals surface area contributed by atoms with Crippen LogP contribution in [-0.4, -0.2) is 39.2 Å². The van der Waals surface area contributed by atoms with Gasteiger partial charge in [-0.3, -0.25) is 0 Å². The van der Waals surface area contributed by atoms with Crippen LogP contribution in [0.5, 0.6) is 0 Å². The molecule has 0 amide bonds. The van der Waals surface area contributed by atoms with Crippen LogP contribution < -0.4 is 10.6 Å². The Labute approximate surface area is 112 Å². The minimum absolute atomic E-state index is 0.278. The molecule has 1 saturated heterocycles. The van der Waals surface area contributed by atoms with Gasteiger partial charge in [0, 0.05) is 24.8 Å². The van der Waals surface area contributed by atoms with Gasteiger partial charge < -0.3 is 10.6 Å². The fourth-order valence-electron chi connectivity index (χ4n) is 2.62. The van der Waals surface area contributed by atoms with E-state index in [1.54, 1.807) is 6.33 Å². The van der Waals surface area contributed by atoms with E-state index in [0.717, 1.165) is 44.0 Å². The van der Waals surface area contributed by atoms with E-state index in [4.69, 9.17) is 5.73 Å². The Bertz CT molecular complexity index is 582. The van der Waals surface area contributed by atoms with Crippen LogP contribution >= 0.6 is 0 Å². The van der Waals surface area contributed by atoms with E-state index >= 15 is 0 Å². The fourth-order valence-corrected chi connectivity index (χ4v) is 2.62. The highest BCUT2D eigenvalue weighted by Gasteiger charge is 2.29. The van der Waals surface area contributed by atoms with Crippen LogP contribution in [0.15, 0.2) is 12.4 Å². The van der Waals surface area contributed by atoms with Crippen molar-refractivity contribution in [2.75, 3.05) is 24.5 Å². The second-order valence-electron chi connectivity index (χ2n) is 5.73. The topological polar surface area (TPSA) is 72.3 Å². The number of anilines is 1. The van der Waals surface area contributed by atoms with Crippen molar-refractivity contribution in [1.29, 1.82) is 0 Å². The van der Waals surface area contributed by atoms with Crippen LogP contribution in [0.1, 0.15) is 25.5 Å². The summed E-state index contributed by atoms with van der Waals surface area (Å²) in [5.41, 5.74) is 7.12. The maximum absolute atomic E-state index is 5.86. The first-order valence-electron chi connectivity index (χ1n) is 6.74. The zero-order valence-corrected chi connectivity index (χ0v) is 11.5. The number of piperidine rings is 1. The van der Waals surface area contributed by atoms with Gasteiger partial charge in [0.1, 0.15) is 12.1 Å². The molecule has 1 aliphatic heterocycles. The third kappa shape index (κ3) is 2.16. The first-order valence-corrected chi connectivity index (χ1v) is 6.74. The Hall–Kier alpha value is -1.69. The summed E-state index contributed by atoms with van der Waals surface area (Å²) in [7, 11) is 0. The van der Waals surface area contributed by atoms with Crippen LogP contribution in [0.25, 0.3) is 5.78 Å². The van der Waals surface area contributed by atoms with E-state index in [1.807, 2.05) is 11.4 Å². The third-order valence-corrected chi connectivity index (χ3v) is 4.15. The molecule has 0 bridgehead atoms. The number of aromatic nitrogens is 4. The average molecular weight is 260 g/mol. The van der Waals surface area contributed by atoms with Gasteiger partial charge in [-0.05, 0) is 31.7 Å². The van der Waals surface area contributed by atoms with Gasteiger partial charge in [0.05, 0.1) is 0 Å². The van der Waals surface area contributed by atoms with Crippen molar-refractivity contribution in [2.24, 2.45) is 11.1 Å². The molecule has 0 spiro atoms. The van der Waals surface area contributed by atoms with Crippen molar-refractivity contribution in [3.63, 3.8) is 0 Å². The van der Waals surface area contributed by atoms with Crippen molar-refractivity contribution >= 4 is 11.6 Å². The van der Waals surface area contributed by atoms with Crippen molar-refractivity contribution in [2.45, 2.75) is 26.7 Å². The molecular weight excluding hydrogens is 240 g/mol. The molecule has 2 N–H and O–H groups in total. The van der Waals surface area contributed by atoms with Crippen molar-refractivity contribution < 1.29 is 0 Å². The van der Waals surface area contributed by atoms with Crippen molar-refractivity contribution in [3.05, 3.63) is 18.1 Å². The van der Waals surface area contributed by atoms with Crippen molar-refractivity contribution in [3.8, 4) is 0 Å². The monoisotopic (exact) mass is 260 g/mol. The predicted octanol–water partition coefficient (Wildman–Crippen LogP) is 0.998. The first kappa shape index (κ1) is 12.3. The minimum Gasteiger partial charge on any atom is -0.356 e. The summed E-state index contributed by atoms with van der Waals surface area (Å²) >= 11 is 0. The van der Waals surface area contributed by atoms with Gasteiger partial charge >= 0.3 is 0 Å². The van der Waals surface area contributed by atoms with Crippen LogP contribution in [0.4, 0.5) is 5.82 Å². The lowest BCUT2D eigenvalue weighted by Gasteiger charge is -2.39. The summed E-state index contributed by atoms with van der Waals surface area (Å²) in [6, 6.07) is 2.08. The Morgan fingerprint density at radius 1 is 1.37 bits per heavy atom. The number of hydrogen-bond acceptors (Lipinski definition) is 5. The summed E-state index contributed by atoms with van der Waals surface area (Å²) in [6.07, 6.45) is 3.78. The minimum atomic E-state index is 0.278. The molecule has 3 rings (SSSR count). The molecule has 1 fully saturated rings. The zero-order valence-electron chi connectivity index (χ0n) is 11.5. The second-order valence-corrected chi connectivity index (χ2v) is 5.73. The third-order valence-electron chi connectivity index (χ3n) is 4.15. The number of rotatable bonds is 2. The van der Waals surface area contributed by atoms with Crippen LogP contribution in [-0.2, 0) is 0 Å². The lowest BCUT2D eigenvalue weighted by molar-refractivity contribution is 0.257. The lowest BCUT2D eigenvalue weighted by atomic mass is 9.80. The summed E-state index contributed by atoms with van der Waals surface area (Å²) in [4.78, 5) is 10.9. The molecule has 6 nitrogen and oxygen atoms in total. The zero-order chi connectivity index (χ0) is 13.5. The highest BCUT2D eigenvalue weighted by atomic mass is 15.4. The summed E-state index contributed by atoms with van der Waals surface area (Å²) in [5.74, 6) is 1.75. The second kappa shape index (κ2) is 4.45. The van der Waals surface area contributed by atoms with Crippen LogP contribution in [0.2, 0.25) is 0 Å². The van der Waals surface area contributed by atoms with E-state index in [9.17, 15) is 0 Å². The predicted molar refractivity (Wildman–Crippen MR) is 74.1 cm³/mol. The summed E-state index contributed by atoms with van der Waals surface area (Å²) < 4.78 is 1.82. The van der Waals surface area contributed by atoms with Gasteiger partial charge in [-0.25, -0.2) is 4.98 Å². The number of fused-ring (bicyclic) bond motifs is 1. The lowest BCUT2D eigenvalue weighted by Crippen LogP contribution is -2.43. The van der Waals surface area contributed by atoms with E-state index < -0.39 is 0 Å². The number of hydrogen-bond donors (Lipinski definition) is 1. The highest BCUT2D eigenvalue weighted by Crippen LogP contribution is 2.31. The van der Waals surface area contributed by atoms with Crippen molar-refractivity contribution in [1.82, 2.24) is 19.6 Å². The molecule has 2 aromatic heterocycles. The molecule has 0 aliphatic carbocycles. The quantitative estimate of drug-likeness (QED) is 0.872. The number of aryl methyl sites for hydroxylation is 1. The average Bonchev–Trinajstić information content (AvgIpc) is 2.87. The smallest absolute Gasteiger partial charge is 0.254 e. The fraction of sp³-hybridized carbons (Fsp3) is 0.615. The SMILES string of the molecule is Cc1cc(N2CCC(C)(CN)CC2)n2ncnc2n1. The maximum atomic E-state index is 5.86. The molecule has 2 aromatic rings. The molecular formula is C13H20N6. The molecule has 0 atom stereocenters. The Morgan fingerprint density at radius 2 is 2.11 bits per heavy atom. The highest BCUT2D eigenvalue weighted by molar-refractivity contribution is 5.47. The van der Waals surface area contributed by atoms with E-state index in [-0.39, 0.29) is 5.41 Å². The molecule has 102 valence electrons. The molecule has 0 radical (unpaired) electrons. The van der Waals surface area contributed by atoms with Crippen LogP contribution in [0, 0.1) is 12.3 Å². The van der Waals surface area contributed by atoms with E-state index in [0.29, 0.717) is 5.78 Å². The van der Waals surface area contributed by atoms with Crippen LogP contribution in [0.3, 0.4) is 0 Å². The van der Waals surface area contributed by atoms with E-state index in [2.05, 4.69) is 33.0 Å². The Kier molecular flexibility index (Phi) is 2.89. The molecule has 3 heterocycles. The Balaban J connectivity index is 1.91. The van der Waals surface area contributed by atoms with Gasteiger partial charge in [-0.15, -0.1) is 0 Å². The molecule has 0 saturated carbocycles. The largest absolute Gasteiger partial charge is 0.356 e. The molecule has 0 aromatic carbocycles. The number of nitrogens with zero attached hydrogens (tertiary/aromatic N) is 5. The van der Waals surface area contributed by atoms with E-state index in [1.165, 1.54) is 0 Å². The molecule has 1 aliphatic rings. The molecule has 0 unspecified atom stereocenters. The maximum Gasteiger partial charge on any atom is 0.254 e. The standard InChI is InChI=1S/C13H20N6/c1-10-7-11(19-12(17-10)15-9-16-19)18-5-3-13(2,8-14)4-6-18/h7,9H,3-6,8,14H2,1-2H3. The molecule has 19 heavy (non-hydrogen) atoms. The van der Waals surface area contributed by atoms with Gasteiger partial charge in [-0.1, -0.05) is 6.92 Å². The summed E-state index contributed by atoms with van der Waals surface area (Å²) in [6.45, 7) is 7.03. The van der Waals surface area contributed by atoms with Gasteiger partial charge in [0.2, 0.25) is 0 Å². The van der Waals surface area contributed by atoms with Gasteiger partial charge in [0.25, 0.3) is 5.78 Å². The Morgan fingerprint density at radius 3 is 2.79 bits per heavy atom. The number of nitrogens with two attached hydrogens (primary N) is 1. The normalized spacial score (nSPS) is 19.0. The molecule has 6 heteroatoms. The van der Waals surface area contributed by atoms with Gasteiger partial charge in [0.15, 0.2) is 0 Å².